The fourth-order valence-corrected chi connectivity index (χ4v) is 6.82. The van der Waals surface area contributed by atoms with E-state index in [1.165, 1.54) is 6.42 Å². The predicted molar refractivity (Wildman–Crippen MR) is 87.6 cm³/mol. The molecular formula is C20H28O3. The largest absolute Gasteiger partial charge is 0.469 e. The number of ketones is 1. The quantitative estimate of drug-likeness (QED) is 0.544. The highest BCUT2D eigenvalue weighted by atomic mass is 16.5. The summed E-state index contributed by atoms with van der Waals surface area (Å²) in [5, 5.41) is 0. The number of ether oxygens (including phenoxy) is 1. The van der Waals surface area contributed by atoms with E-state index < -0.39 is 0 Å². The smallest absolute Gasteiger partial charge is 0.312 e. The minimum atomic E-state index is -0.320. The van der Waals surface area contributed by atoms with Crippen LogP contribution in [0.4, 0.5) is 0 Å². The zero-order valence-corrected chi connectivity index (χ0v) is 14.3. The van der Waals surface area contributed by atoms with Gasteiger partial charge in [0, 0.05) is 11.8 Å². The van der Waals surface area contributed by atoms with Gasteiger partial charge in [0.15, 0.2) is 0 Å². The van der Waals surface area contributed by atoms with Crippen molar-refractivity contribution in [2.75, 3.05) is 7.11 Å². The van der Waals surface area contributed by atoms with Gasteiger partial charge in [0.05, 0.1) is 12.5 Å². The average Bonchev–Trinajstić information content (AvgIpc) is 2.89. The lowest BCUT2D eigenvalue weighted by atomic mass is 9.45. The molecule has 0 bridgehead atoms. The lowest BCUT2D eigenvalue weighted by Crippen LogP contribution is -2.56. The van der Waals surface area contributed by atoms with Gasteiger partial charge in [0.25, 0.3) is 0 Å². The normalized spacial score (nSPS) is 48.3. The number of hydrogen-bond acceptors (Lipinski definition) is 3. The van der Waals surface area contributed by atoms with Gasteiger partial charge in [-0.15, -0.1) is 0 Å². The Balaban J connectivity index is 1.74. The number of carbonyl (C=O) groups is 2. The van der Waals surface area contributed by atoms with Crippen molar-refractivity contribution in [2.24, 2.45) is 34.5 Å². The Bertz CT molecular complexity index is 565. The van der Waals surface area contributed by atoms with Crippen molar-refractivity contribution in [1.82, 2.24) is 0 Å². The molecule has 0 aliphatic heterocycles. The van der Waals surface area contributed by atoms with E-state index in [2.05, 4.69) is 19.1 Å². The Morgan fingerprint density at radius 1 is 1.17 bits per heavy atom. The maximum Gasteiger partial charge on any atom is 0.312 e. The summed E-state index contributed by atoms with van der Waals surface area (Å²) in [6.07, 6.45) is 12.5. The molecule has 4 aliphatic rings. The predicted octanol–water partition coefficient (Wildman–Crippen LogP) is 3.92. The molecule has 3 heteroatoms. The second-order valence-electron chi connectivity index (χ2n) is 8.48. The van der Waals surface area contributed by atoms with Crippen LogP contribution in [0, 0.1) is 34.5 Å². The molecule has 4 rings (SSSR count). The first-order chi connectivity index (χ1) is 11.0. The maximum absolute atomic E-state index is 12.9. The molecule has 0 amide bonds. The molecular weight excluding hydrogens is 288 g/mol. The molecule has 3 saturated carbocycles. The van der Waals surface area contributed by atoms with E-state index >= 15 is 0 Å². The highest BCUT2D eigenvalue weighted by molar-refractivity contribution is 5.87. The molecule has 0 heterocycles. The molecule has 4 aliphatic carbocycles. The van der Waals surface area contributed by atoms with Crippen LogP contribution in [0.15, 0.2) is 12.2 Å². The Morgan fingerprint density at radius 2 is 2.00 bits per heavy atom. The molecule has 23 heavy (non-hydrogen) atoms. The second kappa shape index (κ2) is 5.19. The van der Waals surface area contributed by atoms with Crippen molar-refractivity contribution in [3.05, 3.63) is 12.2 Å². The van der Waals surface area contributed by atoms with Gasteiger partial charge < -0.3 is 4.74 Å². The number of esters is 1. The second-order valence-corrected chi connectivity index (χ2v) is 8.48. The van der Waals surface area contributed by atoms with Crippen LogP contribution in [0.5, 0.6) is 0 Å². The summed E-state index contributed by atoms with van der Waals surface area (Å²) in [5.41, 5.74) is -0.435. The van der Waals surface area contributed by atoms with E-state index in [1.807, 2.05) is 0 Å². The van der Waals surface area contributed by atoms with E-state index in [0.29, 0.717) is 29.5 Å². The molecule has 0 spiro atoms. The third-order valence-electron chi connectivity index (χ3n) is 7.94. The van der Waals surface area contributed by atoms with E-state index in [1.54, 1.807) is 7.11 Å². The fourth-order valence-electron chi connectivity index (χ4n) is 6.82. The highest BCUT2D eigenvalue weighted by Crippen LogP contribution is 2.65. The molecule has 0 radical (unpaired) electrons. The van der Waals surface area contributed by atoms with Gasteiger partial charge in [-0.3, -0.25) is 9.59 Å². The SMILES string of the molecule is COC(=O)[C@]12CCC=C[C@H]1CC[C@@H]1[C@@H]2CC[C@]2(C)C(=O)CC[C@@H]12. The van der Waals surface area contributed by atoms with Crippen LogP contribution in [0.1, 0.15) is 58.3 Å². The van der Waals surface area contributed by atoms with Crippen LogP contribution in [0.25, 0.3) is 0 Å². The van der Waals surface area contributed by atoms with Crippen LogP contribution in [-0.2, 0) is 14.3 Å². The topological polar surface area (TPSA) is 43.4 Å². The van der Waals surface area contributed by atoms with Crippen molar-refractivity contribution in [3.63, 3.8) is 0 Å². The Hall–Kier alpha value is -1.12. The molecule has 0 N–H and O–H groups in total. The number of Topliss-reactive ketones (excluding diaryl/α,β-unsaturated/α-hetero) is 1. The van der Waals surface area contributed by atoms with Crippen LogP contribution in [0.3, 0.4) is 0 Å². The third kappa shape index (κ3) is 1.88. The van der Waals surface area contributed by atoms with Crippen LogP contribution >= 0.6 is 0 Å². The molecule has 0 unspecified atom stereocenters. The Kier molecular flexibility index (Phi) is 3.48. The third-order valence-corrected chi connectivity index (χ3v) is 7.94. The summed E-state index contributed by atoms with van der Waals surface area (Å²) in [6, 6.07) is 0. The molecule has 0 aromatic carbocycles. The van der Waals surface area contributed by atoms with Crippen molar-refractivity contribution < 1.29 is 14.3 Å². The van der Waals surface area contributed by atoms with E-state index in [-0.39, 0.29) is 16.8 Å². The molecule has 0 saturated heterocycles. The summed E-state index contributed by atoms with van der Waals surface area (Å²) < 4.78 is 5.32. The zero-order chi connectivity index (χ0) is 16.2. The summed E-state index contributed by atoms with van der Waals surface area (Å²) in [7, 11) is 1.54. The standard InChI is InChI=1S/C20H28O3/c1-19-12-10-16-14(15(19)8-9-17(19)21)7-6-13-5-3-4-11-20(13,16)18(22)23-2/h3,5,13-16H,4,6-12H2,1-2H3/t13-,14-,15-,16-,19-,20+/m0/s1. The highest BCUT2D eigenvalue weighted by Gasteiger charge is 2.63. The number of rotatable bonds is 1. The van der Waals surface area contributed by atoms with Crippen LogP contribution < -0.4 is 0 Å². The van der Waals surface area contributed by atoms with Gasteiger partial charge in [-0.25, -0.2) is 0 Å². The van der Waals surface area contributed by atoms with Gasteiger partial charge in [0.2, 0.25) is 0 Å². The van der Waals surface area contributed by atoms with E-state index in [4.69, 9.17) is 4.74 Å². The maximum atomic E-state index is 12.9. The molecule has 0 aromatic heterocycles. The average molecular weight is 316 g/mol. The van der Waals surface area contributed by atoms with Gasteiger partial charge in [-0.2, -0.15) is 0 Å². The first-order valence-electron chi connectivity index (χ1n) is 9.32. The van der Waals surface area contributed by atoms with Gasteiger partial charge in [0.1, 0.15) is 5.78 Å². The number of methoxy groups -OCH3 is 1. The van der Waals surface area contributed by atoms with Crippen molar-refractivity contribution in [1.29, 1.82) is 0 Å². The Morgan fingerprint density at radius 3 is 2.78 bits per heavy atom. The number of carbonyl (C=O) groups excluding carboxylic acids is 2. The summed E-state index contributed by atoms with van der Waals surface area (Å²) in [5.74, 6) is 2.24. The lowest BCUT2D eigenvalue weighted by molar-refractivity contribution is -0.175. The molecule has 6 atom stereocenters. The number of allylic oxidation sites excluding steroid dienone is 2. The first-order valence-corrected chi connectivity index (χ1v) is 9.32. The van der Waals surface area contributed by atoms with Crippen LogP contribution in [-0.4, -0.2) is 18.9 Å². The minimum Gasteiger partial charge on any atom is -0.469 e. The van der Waals surface area contributed by atoms with Crippen molar-refractivity contribution in [2.45, 2.75) is 58.3 Å². The summed E-state index contributed by atoms with van der Waals surface area (Å²) in [6.45, 7) is 2.20. The van der Waals surface area contributed by atoms with Crippen molar-refractivity contribution in [3.8, 4) is 0 Å². The monoisotopic (exact) mass is 316 g/mol. The van der Waals surface area contributed by atoms with E-state index in [0.717, 1.165) is 44.9 Å². The first kappa shape index (κ1) is 15.4. The van der Waals surface area contributed by atoms with Gasteiger partial charge in [-0.05, 0) is 68.6 Å². The molecule has 126 valence electrons. The molecule has 3 nitrogen and oxygen atoms in total. The lowest BCUT2D eigenvalue weighted by Gasteiger charge is -2.57. The number of fused-ring (bicyclic) bond motifs is 5. The van der Waals surface area contributed by atoms with Crippen LogP contribution in [0.2, 0.25) is 0 Å². The molecule has 0 aromatic rings. The Labute approximate surface area is 138 Å². The van der Waals surface area contributed by atoms with E-state index in [9.17, 15) is 9.59 Å². The summed E-state index contributed by atoms with van der Waals surface area (Å²) >= 11 is 0. The fraction of sp³-hybridized carbons (Fsp3) is 0.800. The number of hydrogen-bond donors (Lipinski definition) is 0. The minimum absolute atomic E-state index is 0.00877. The molecule has 3 fully saturated rings. The van der Waals surface area contributed by atoms with Gasteiger partial charge in [-0.1, -0.05) is 19.1 Å². The summed E-state index contributed by atoms with van der Waals surface area (Å²) in [4.78, 5) is 25.3. The van der Waals surface area contributed by atoms with Crippen molar-refractivity contribution >= 4 is 11.8 Å². The van der Waals surface area contributed by atoms with Gasteiger partial charge >= 0.3 is 5.97 Å². The zero-order valence-electron chi connectivity index (χ0n) is 14.3.